The van der Waals surface area contributed by atoms with Crippen LogP contribution in [0.1, 0.15) is 52.0 Å². The predicted molar refractivity (Wildman–Crippen MR) is 86.6 cm³/mol. The maximum atomic E-state index is 12.9. The number of hydrogen-bond acceptors (Lipinski definition) is 5. The Kier molecular flexibility index (Phi) is 4.35. The third-order valence-electron chi connectivity index (χ3n) is 4.15. The zero-order valence-electron chi connectivity index (χ0n) is 14.6. The Morgan fingerprint density at radius 3 is 2.52 bits per heavy atom. The summed E-state index contributed by atoms with van der Waals surface area (Å²) in [5, 5.41) is 1.53. The normalized spacial score (nSPS) is 19.5. The molecule has 138 valence electrons. The number of anilines is 1. The quantitative estimate of drug-likeness (QED) is 0.864. The standard InChI is InChI=1S/C17H22F3N3O2/c1-10(17(18,19)20)24-13-7-15(21-8-12(13)11-5-6-11)23-9-14(25-22-23)16(2,3)4/h7-11,22H,5-6H2,1-4H3/t10-/m0/s1. The van der Waals surface area contributed by atoms with Gasteiger partial charge in [0.25, 0.3) is 0 Å². The summed E-state index contributed by atoms with van der Waals surface area (Å²) in [5.74, 6) is 1.55. The number of rotatable bonds is 4. The Bertz CT molecular complexity index is 679. The largest absolute Gasteiger partial charge is 0.481 e. The molecule has 1 aromatic heterocycles. The molecule has 0 aromatic carbocycles. The number of alkyl halides is 3. The zero-order chi connectivity index (χ0) is 18.4. The number of ether oxygens (including phenoxy) is 1. The minimum Gasteiger partial charge on any atom is -0.481 e. The van der Waals surface area contributed by atoms with Gasteiger partial charge in [0.2, 0.25) is 0 Å². The summed E-state index contributed by atoms with van der Waals surface area (Å²) in [6.45, 7) is 6.99. The van der Waals surface area contributed by atoms with E-state index in [9.17, 15) is 13.2 Å². The molecule has 0 unspecified atom stereocenters. The first kappa shape index (κ1) is 17.8. The molecule has 1 fully saturated rings. The van der Waals surface area contributed by atoms with Crippen molar-refractivity contribution < 1.29 is 22.7 Å². The Hall–Kier alpha value is -1.96. The number of allylic oxidation sites excluding steroid dienone is 1. The lowest BCUT2D eigenvalue weighted by molar-refractivity contribution is -0.189. The van der Waals surface area contributed by atoms with Crippen LogP contribution in [0.3, 0.4) is 0 Å². The predicted octanol–water partition coefficient (Wildman–Crippen LogP) is 4.43. The van der Waals surface area contributed by atoms with E-state index in [1.807, 2.05) is 20.8 Å². The second-order valence-corrected chi connectivity index (χ2v) is 7.46. The highest BCUT2D eigenvalue weighted by Gasteiger charge is 2.39. The maximum absolute atomic E-state index is 12.9. The second-order valence-electron chi connectivity index (χ2n) is 7.46. The van der Waals surface area contributed by atoms with Gasteiger partial charge >= 0.3 is 6.18 Å². The first-order valence-corrected chi connectivity index (χ1v) is 8.23. The fraction of sp³-hybridized carbons (Fsp3) is 0.588. The molecule has 1 aromatic rings. The van der Waals surface area contributed by atoms with Crippen molar-refractivity contribution in [1.29, 1.82) is 0 Å². The van der Waals surface area contributed by atoms with Crippen molar-refractivity contribution in [3.05, 3.63) is 29.8 Å². The summed E-state index contributed by atoms with van der Waals surface area (Å²) >= 11 is 0. The smallest absolute Gasteiger partial charge is 0.425 e. The molecule has 0 saturated heterocycles. The van der Waals surface area contributed by atoms with Gasteiger partial charge in [-0.1, -0.05) is 26.4 Å². The van der Waals surface area contributed by atoms with Crippen LogP contribution >= 0.6 is 0 Å². The van der Waals surface area contributed by atoms with Crippen LogP contribution in [0.2, 0.25) is 0 Å². The van der Waals surface area contributed by atoms with Gasteiger partial charge in [-0.15, -0.1) is 0 Å². The highest BCUT2D eigenvalue weighted by Crippen LogP contribution is 2.45. The average Bonchev–Trinajstić information content (AvgIpc) is 3.20. The molecular weight excluding hydrogens is 335 g/mol. The molecule has 1 aliphatic heterocycles. The Labute approximate surface area is 144 Å². The molecule has 5 nitrogen and oxygen atoms in total. The van der Waals surface area contributed by atoms with E-state index in [1.165, 1.54) is 11.1 Å². The molecule has 0 bridgehead atoms. The van der Waals surface area contributed by atoms with Gasteiger partial charge < -0.3 is 9.57 Å². The van der Waals surface area contributed by atoms with Crippen LogP contribution in [0.4, 0.5) is 19.0 Å². The number of pyridine rings is 1. The van der Waals surface area contributed by atoms with Crippen LogP contribution in [0.15, 0.2) is 24.2 Å². The number of hydrogen-bond donors (Lipinski definition) is 1. The van der Waals surface area contributed by atoms with Crippen molar-refractivity contribution >= 4 is 5.82 Å². The molecule has 8 heteroatoms. The zero-order valence-corrected chi connectivity index (χ0v) is 14.6. The topological polar surface area (TPSA) is 46.6 Å². The number of nitrogens with zero attached hydrogens (tertiary/aromatic N) is 2. The highest BCUT2D eigenvalue weighted by atomic mass is 19.4. The van der Waals surface area contributed by atoms with Gasteiger partial charge in [-0.2, -0.15) is 13.2 Å². The third-order valence-corrected chi connectivity index (χ3v) is 4.15. The second kappa shape index (κ2) is 6.09. The lowest BCUT2D eigenvalue weighted by Crippen LogP contribution is -2.32. The molecule has 1 atom stereocenters. The monoisotopic (exact) mass is 357 g/mol. The number of nitrogens with one attached hydrogen (secondary N) is 1. The van der Waals surface area contributed by atoms with Crippen LogP contribution in [0.25, 0.3) is 0 Å². The van der Waals surface area contributed by atoms with E-state index in [-0.39, 0.29) is 17.1 Å². The van der Waals surface area contributed by atoms with Gasteiger partial charge in [-0.05, 0) is 25.7 Å². The molecule has 0 amide bonds. The number of halogens is 3. The summed E-state index contributed by atoms with van der Waals surface area (Å²) in [6.07, 6.45) is -1.10. The van der Waals surface area contributed by atoms with E-state index in [2.05, 4.69) is 10.6 Å². The van der Waals surface area contributed by atoms with E-state index >= 15 is 0 Å². The fourth-order valence-corrected chi connectivity index (χ4v) is 2.36. The Balaban J connectivity index is 1.87. The van der Waals surface area contributed by atoms with Gasteiger partial charge in [0.1, 0.15) is 11.5 Å². The van der Waals surface area contributed by atoms with E-state index in [0.717, 1.165) is 25.3 Å². The molecule has 0 radical (unpaired) electrons. The minimum absolute atomic E-state index is 0.209. The maximum Gasteiger partial charge on any atom is 0.425 e. The van der Waals surface area contributed by atoms with Crippen molar-refractivity contribution in [1.82, 2.24) is 10.6 Å². The molecule has 3 rings (SSSR count). The lowest BCUT2D eigenvalue weighted by atomic mass is 9.94. The summed E-state index contributed by atoms with van der Waals surface area (Å²) in [4.78, 5) is 9.77. The van der Waals surface area contributed by atoms with Crippen molar-refractivity contribution in [2.75, 3.05) is 5.01 Å². The molecule has 1 N–H and O–H groups in total. The molecule has 1 saturated carbocycles. The number of aromatic nitrogens is 1. The van der Waals surface area contributed by atoms with Crippen LogP contribution in [-0.2, 0) is 4.84 Å². The van der Waals surface area contributed by atoms with Crippen LogP contribution in [0, 0.1) is 5.41 Å². The van der Waals surface area contributed by atoms with Crippen LogP contribution in [-0.4, -0.2) is 17.3 Å². The van der Waals surface area contributed by atoms with Gasteiger partial charge in [0.05, 0.1) is 6.20 Å². The lowest BCUT2D eigenvalue weighted by Gasteiger charge is -2.21. The van der Waals surface area contributed by atoms with Crippen molar-refractivity contribution in [3.63, 3.8) is 0 Å². The van der Waals surface area contributed by atoms with Crippen LogP contribution < -0.4 is 15.3 Å². The minimum atomic E-state index is -4.42. The Morgan fingerprint density at radius 2 is 2.00 bits per heavy atom. The summed E-state index contributed by atoms with van der Waals surface area (Å²) in [7, 11) is 0. The van der Waals surface area contributed by atoms with E-state index < -0.39 is 12.3 Å². The molecule has 2 heterocycles. The summed E-state index contributed by atoms with van der Waals surface area (Å²) in [5.41, 5.74) is 3.22. The molecule has 2 aliphatic rings. The van der Waals surface area contributed by atoms with E-state index in [0.29, 0.717) is 11.6 Å². The highest BCUT2D eigenvalue weighted by molar-refractivity contribution is 5.51. The average molecular weight is 357 g/mol. The van der Waals surface area contributed by atoms with Gasteiger partial charge in [-0.3, -0.25) is 0 Å². The van der Waals surface area contributed by atoms with Crippen molar-refractivity contribution in [2.45, 2.75) is 58.7 Å². The SMILES string of the molecule is C[C@H](Oc1cc(N2C=C(C(C)(C)C)ON2)ncc1C1CC1)C(F)(F)F. The summed E-state index contributed by atoms with van der Waals surface area (Å²) in [6, 6.07) is 1.52. The van der Waals surface area contributed by atoms with Crippen molar-refractivity contribution in [3.8, 4) is 5.75 Å². The van der Waals surface area contributed by atoms with Gasteiger partial charge in [0.15, 0.2) is 11.9 Å². The first-order valence-electron chi connectivity index (χ1n) is 8.23. The number of hydrazine groups is 1. The Morgan fingerprint density at radius 1 is 1.32 bits per heavy atom. The van der Waals surface area contributed by atoms with Gasteiger partial charge in [0, 0.05) is 23.2 Å². The third kappa shape index (κ3) is 4.00. The van der Waals surface area contributed by atoms with Crippen LogP contribution in [0.5, 0.6) is 5.75 Å². The van der Waals surface area contributed by atoms with Gasteiger partial charge in [-0.25, -0.2) is 9.99 Å². The first-order chi connectivity index (χ1) is 11.6. The van der Waals surface area contributed by atoms with E-state index in [1.54, 1.807) is 12.4 Å². The van der Waals surface area contributed by atoms with Crippen molar-refractivity contribution in [2.24, 2.45) is 5.41 Å². The molecular formula is C17H22F3N3O2. The fourth-order valence-electron chi connectivity index (χ4n) is 2.36. The molecule has 0 spiro atoms. The molecule has 25 heavy (non-hydrogen) atoms. The van der Waals surface area contributed by atoms with E-state index in [4.69, 9.17) is 9.57 Å². The molecule has 1 aliphatic carbocycles. The summed E-state index contributed by atoms with van der Waals surface area (Å²) < 4.78 is 43.8.